The molecule has 1 aliphatic heterocycles. The van der Waals surface area contributed by atoms with E-state index in [2.05, 4.69) is 20.9 Å². The summed E-state index contributed by atoms with van der Waals surface area (Å²) in [7, 11) is 1.55. The van der Waals surface area contributed by atoms with E-state index in [0.717, 1.165) is 10.0 Å². The molecule has 0 aliphatic carbocycles. The predicted molar refractivity (Wildman–Crippen MR) is 92.8 cm³/mol. The van der Waals surface area contributed by atoms with Crippen LogP contribution < -0.4 is 4.74 Å². The molecule has 0 atom stereocenters. The molecule has 0 unspecified atom stereocenters. The summed E-state index contributed by atoms with van der Waals surface area (Å²) in [6.07, 6.45) is 1.65. The molecule has 1 heterocycles. The van der Waals surface area contributed by atoms with Gasteiger partial charge < -0.3 is 9.47 Å². The van der Waals surface area contributed by atoms with Crippen LogP contribution in [0.3, 0.4) is 0 Å². The highest BCUT2D eigenvalue weighted by atomic mass is 79.9. The quantitative estimate of drug-likeness (QED) is 0.572. The monoisotopic (exact) mass is 391 g/mol. The van der Waals surface area contributed by atoms with Gasteiger partial charge in [-0.3, -0.25) is 0 Å². The van der Waals surface area contributed by atoms with Crippen LogP contribution in [0.1, 0.15) is 11.1 Å². The number of halogens is 2. The van der Waals surface area contributed by atoms with Crippen molar-refractivity contribution in [1.82, 2.24) is 0 Å². The van der Waals surface area contributed by atoms with Crippen molar-refractivity contribution in [2.45, 2.75) is 0 Å². The molecule has 0 amide bonds. The summed E-state index contributed by atoms with van der Waals surface area (Å²) in [4.78, 5) is 16.3. The zero-order valence-electron chi connectivity index (χ0n) is 12.0. The molecule has 0 saturated carbocycles. The fourth-order valence-electron chi connectivity index (χ4n) is 2.09. The van der Waals surface area contributed by atoms with Crippen LogP contribution in [-0.2, 0) is 9.53 Å². The van der Waals surface area contributed by atoms with Gasteiger partial charge in [0.2, 0.25) is 5.90 Å². The highest BCUT2D eigenvalue weighted by Crippen LogP contribution is 2.28. The Hall–Kier alpha value is -2.11. The molecular formula is C17H11BrClNO3. The first-order valence-corrected chi connectivity index (χ1v) is 7.86. The topological polar surface area (TPSA) is 47.9 Å². The molecule has 1 aliphatic rings. The Balaban J connectivity index is 1.98. The van der Waals surface area contributed by atoms with Crippen molar-refractivity contribution in [2.75, 3.05) is 7.11 Å². The Bertz CT molecular complexity index is 828. The number of hydrogen-bond donors (Lipinski definition) is 0. The van der Waals surface area contributed by atoms with Crippen LogP contribution in [0.4, 0.5) is 0 Å². The minimum atomic E-state index is -0.503. The van der Waals surface area contributed by atoms with Crippen LogP contribution in [0, 0.1) is 0 Å². The lowest BCUT2D eigenvalue weighted by Gasteiger charge is -2.07. The number of hydrogen-bond acceptors (Lipinski definition) is 4. The van der Waals surface area contributed by atoms with Gasteiger partial charge in [0.25, 0.3) is 0 Å². The summed E-state index contributed by atoms with van der Waals surface area (Å²) in [6.45, 7) is 0. The maximum Gasteiger partial charge on any atom is 0.363 e. The first kappa shape index (κ1) is 15.8. The number of benzene rings is 2. The molecule has 116 valence electrons. The Kier molecular flexibility index (Phi) is 4.50. The largest absolute Gasteiger partial charge is 0.496 e. The second-order valence-corrected chi connectivity index (χ2v) is 6.08. The number of carbonyl (C=O) groups excluding carboxylic acids is 1. The summed E-state index contributed by atoms with van der Waals surface area (Å²) < 4.78 is 11.4. The van der Waals surface area contributed by atoms with Gasteiger partial charge in [0.15, 0.2) is 5.70 Å². The van der Waals surface area contributed by atoms with E-state index < -0.39 is 5.97 Å². The molecule has 0 spiro atoms. The number of methoxy groups -OCH3 is 1. The summed E-state index contributed by atoms with van der Waals surface area (Å²) in [5, 5.41) is 0.629. The van der Waals surface area contributed by atoms with Crippen LogP contribution in [0.2, 0.25) is 5.02 Å². The lowest BCUT2D eigenvalue weighted by atomic mass is 10.2. The zero-order chi connectivity index (χ0) is 16.4. The maximum absolute atomic E-state index is 12.0. The van der Waals surface area contributed by atoms with E-state index in [4.69, 9.17) is 21.1 Å². The normalized spacial score (nSPS) is 15.5. The smallest absolute Gasteiger partial charge is 0.363 e. The van der Waals surface area contributed by atoms with Crippen molar-refractivity contribution in [1.29, 1.82) is 0 Å². The van der Waals surface area contributed by atoms with Gasteiger partial charge in [-0.2, -0.15) is 0 Å². The fraction of sp³-hybridized carbons (Fsp3) is 0.0588. The van der Waals surface area contributed by atoms with E-state index in [1.54, 1.807) is 49.6 Å². The molecule has 0 aromatic heterocycles. The van der Waals surface area contributed by atoms with Crippen molar-refractivity contribution in [2.24, 2.45) is 4.99 Å². The molecule has 3 rings (SSSR count). The molecule has 0 bridgehead atoms. The van der Waals surface area contributed by atoms with Crippen LogP contribution in [-0.4, -0.2) is 19.0 Å². The highest BCUT2D eigenvalue weighted by Gasteiger charge is 2.26. The van der Waals surface area contributed by atoms with Gasteiger partial charge >= 0.3 is 5.97 Å². The number of nitrogens with zero attached hydrogens (tertiary/aromatic N) is 1. The van der Waals surface area contributed by atoms with Crippen LogP contribution in [0.5, 0.6) is 5.75 Å². The molecule has 0 N–H and O–H groups in total. The second kappa shape index (κ2) is 6.56. The van der Waals surface area contributed by atoms with Crippen LogP contribution in [0.25, 0.3) is 6.08 Å². The van der Waals surface area contributed by atoms with Crippen molar-refractivity contribution in [3.63, 3.8) is 0 Å². The second-order valence-electron chi connectivity index (χ2n) is 4.73. The van der Waals surface area contributed by atoms with Crippen LogP contribution in [0.15, 0.2) is 57.6 Å². The van der Waals surface area contributed by atoms with Gasteiger partial charge in [-0.1, -0.05) is 39.7 Å². The predicted octanol–water partition coefficient (Wildman–Crippen LogP) is 4.46. The maximum atomic E-state index is 12.0. The third-order valence-electron chi connectivity index (χ3n) is 3.19. The number of aliphatic imine (C=N–C) groups is 1. The summed E-state index contributed by atoms with van der Waals surface area (Å²) in [5.41, 5.74) is 1.65. The fourth-order valence-corrected chi connectivity index (χ4v) is 2.58. The Labute approximate surface area is 146 Å². The van der Waals surface area contributed by atoms with Crippen molar-refractivity contribution in [3.05, 3.63) is 68.8 Å². The Morgan fingerprint density at radius 3 is 2.65 bits per heavy atom. The number of ether oxygens (including phenoxy) is 2. The van der Waals surface area contributed by atoms with Gasteiger partial charge in [0, 0.05) is 9.50 Å². The molecular weight excluding hydrogens is 382 g/mol. The van der Waals surface area contributed by atoms with Crippen molar-refractivity contribution < 1.29 is 14.3 Å². The molecule has 23 heavy (non-hydrogen) atoms. The Morgan fingerprint density at radius 2 is 1.96 bits per heavy atom. The third-order valence-corrected chi connectivity index (χ3v) is 3.93. The summed E-state index contributed by atoms with van der Waals surface area (Å²) in [6, 6.07) is 12.5. The lowest BCUT2D eigenvalue weighted by molar-refractivity contribution is -0.129. The van der Waals surface area contributed by atoms with E-state index in [-0.39, 0.29) is 11.6 Å². The van der Waals surface area contributed by atoms with E-state index in [1.165, 1.54) is 0 Å². The van der Waals surface area contributed by atoms with E-state index >= 15 is 0 Å². The van der Waals surface area contributed by atoms with Gasteiger partial charge in [-0.25, -0.2) is 9.79 Å². The van der Waals surface area contributed by atoms with Gasteiger partial charge in [-0.05, 0) is 42.0 Å². The SMILES string of the molecule is COc1ccc(Br)cc1C1=NC(=Cc2ccc(Cl)cc2)C(=O)O1. The molecule has 0 radical (unpaired) electrons. The zero-order valence-corrected chi connectivity index (χ0v) is 14.4. The minimum Gasteiger partial charge on any atom is -0.496 e. The third kappa shape index (κ3) is 3.46. The van der Waals surface area contributed by atoms with Gasteiger partial charge in [-0.15, -0.1) is 0 Å². The molecule has 0 saturated heterocycles. The average molecular weight is 393 g/mol. The lowest BCUT2D eigenvalue weighted by Crippen LogP contribution is -2.07. The molecule has 2 aromatic carbocycles. The van der Waals surface area contributed by atoms with Crippen molar-refractivity contribution >= 4 is 45.5 Å². The molecule has 4 nitrogen and oxygen atoms in total. The number of cyclic esters (lactones) is 1. The molecule has 2 aromatic rings. The number of esters is 1. The molecule has 6 heteroatoms. The van der Waals surface area contributed by atoms with E-state index in [9.17, 15) is 4.79 Å². The number of rotatable bonds is 3. The standard InChI is InChI=1S/C17H11BrClNO3/c1-22-15-7-4-11(18)9-13(15)16-20-14(17(21)23-16)8-10-2-5-12(19)6-3-10/h2-9H,1H3. The first-order valence-electron chi connectivity index (χ1n) is 6.69. The van der Waals surface area contributed by atoms with Crippen LogP contribution >= 0.6 is 27.5 Å². The van der Waals surface area contributed by atoms with Gasteiger partial charge in [0.05, 0.1) is 12.7 Å². The van der Waals surface area contributed by atoms with Crippen molar-refractivity contribution in [3.8, 4) is 5.75 Å². The average Bonchev–Trinajstić information content (AvgIpc) is 2.90. The minimum absolute atomic E-state index is 0.216. The first-order chi connectivity index (χ1) is 11.1. The summed E-state index contributed by atoms with van der Waals surface area (Å²) in [5.74, 6) is 0.290. The summed E-state index contributed by atoms with van der Waals surface area (Å²) >= 11 is 9.24. The Morgan fingerprint density at radius 1 is 1.22 bits per heavy atom. The van der Waals surface area contributed by atoms with E-state index in [1.807, 2.05) is 6.07 Å². The number of carbonyl (C=O) groups is 1. The highest BCUT2D eigenvalue weighted by molar-refractivity contribution is 9.10. The van der Waals surface area contributed by atoms with E-state index in [0.29, 0.717) is 16.3 Å². The van der Waals surface area contributed by atoms with Gasteiger partial charge in [0.1, 0.15) is 5.75 Å². The molecule has 0 fully saturated rings.